The number of methoxy groups -OCH3 is 1. The van der Waals surface area contributed by atoms with E-state index in [2.05, 4.69) is 0 Å². The van der Waals surface area contributed by atoms with Crippen LogP contribution in [0.25, 0.3) is 11.1 Å². The van der Waals surface area contributed by atoms with Gasteiger partial charge in [-0.3, -0.25) is 9.36 Å². The number of hydrogen-bond donors (Lipinski definition) is 1. The lowest BCUT2D eigenvalue weighted by Gasteiger charge is -2.32. The van der Waals surface area contributed by atoms with Crippen LogP contribution in [0.4, 0.5) is 4.39 Å². The van der Waals surface area contributed by atoms with E-state index in [-0.39, 0.29) is 23.9 Å². The molecule has 1 saturated heterocycles. The summed E-state index contributed by atoms with van der Waals surface area (Å²) in [5.74, 6) is -0.523. The third kappa shape index (κ3) is 4.23. The number of nitrogens with zero attached hydrogens (tertiary/aromatic N) is 2. The highest BCUT2D eigenvalue weighted by Crippen LogP contribution is 2.17. The Morgan fingerprint density at radius 1 is 1.20 bits per heavy atom. The number of ether oxygens (including phenoxy) is 1. The first-order chi connectivity index (χ1) is 14.5. The monoisotopic (exact) mass is 414 g/mol. The molecule has 2 aromatic carbocycles. The van der Waals surface area contributed by atoms with E-state index in [9.17, 15) is 14.0 Å². The lowest BCUT2D eigenvalue weighted by atomic mass is 10.1. The van der Waals surface area contributed by atoms with Crippen LogP contribution in [-0.4, -0.2) is 48.7 Å². The minimum Gasteiger partial charge on any atom is -0.494 e. The van der Waals surface area contributed by atoms with Gasteiger partial charge >= 0.3 is 5.76 Å². The second-order valence-electron chi connectivity index (χ2n) is 7.51. The third-order valence-electron chi connectivity index (χ3n) is 5.62. The molecule has 1 aliphatic rings. The van der Waals surface area contributed by atoms with Crippen molar-refractivity contribution in [2.75, 3.05) is 33.3 Å². The van der Waals surface area contributed by atoms with Crippen molar-refractivity contribution >= 4 is 17.0 Å². The van der Waals surface area contributed by atoms with E-state index >= 15 is 0 Å². The topological polar surface area (TPSA) is 69.1 Å². The fourth-order valence-corrected chi connectivity index (χ4v) is 3.95. The van der Waals surface area contributed by atoms with E-state index < -0.39 is 5.76 Å². The molecule has 0 saturated carbocycles. The van der Waals surface area contributed by atoms with Gasteiger partial charge in [-0.15, -0.1) is 0 Å². The highest BCUT2D eigenvalue weighted by Gasteiger charge is 2.24. The van der Waals surface area contributed by atoms with Crippen LogP contribution in [0.2, 0.25) is 0 Å². The van der Waals surface area contributed by atoms with Gasteiger partial charge in [-0.05, 0) is 30.3 Å². The van der Waals surface area contributed by atoms with E-state index in [1.165, 1.54) is 22.6 Å². The molecule has 1 fully saturated rings. The van der Waals surface area contributed by atoms with E-state index in [0.29, 0.717) is 37.3 Å². The van der Waals surface area contributed by atoms with Gasteiger partial charge in [0.2, 0.25) is 5.91 Å². The molecule has 158 valence electrons. The zero-order chi connectivity index (χ0) is 21.1. The van der Waals surface area contributed by atoms with Gasteiger partial charge in [0.05, 0.1) is 38.8 Å². The van der Waals surface area contributed by atoms with Crippen molar-refractivity contribution in [3.63, 3.8) is 0 Å². The molecular weight excluding hydrogens is 389 g/mol. The van der Waals surface area contributed by atoms with Crippen LogP contribution in [0, 0.1) is 5.82 Å². The SMILES string of the molecule is COc1ccc(C[NH+]2CCN(C(=O)CCn3c(=O)oc4ccccc43)CC2)cc1F. The first-order valence-electron chi connectivity index (χ1n) is 10.1. The second kappa shape index (κ2) is 8.71. The molecule has 3 aromatic rings. The first-order valence-corrected chi connectivity index (χ1v) is 10.1. The van der Waals surface area contributed by atoms with Gasteiger partial charge in [-0.25, -0.2) is 9.18 Å². The lowest BCUT2D eigenvalue weighted by molar-refractivity contribution is -0.917. The number of aromatic nitrogens is 1. The summed E-state index contributed by atoms with van der Waals surface area (Å²) in [6.45, 7) is 3.90. The first kappa shape index (κ1) is 20.2. The molecule has 0 aliphatic carbocycles. The number of quaternary nitrogens is 1. The highest BCUT2D eigenvalue weighted by molar-refractivity contribution is 5.77. The van der Waals surface area contributed by atoms with E-state index in [0.717, 1.165) is 18.7 Å². The van der Waals surface area contributed by atoms with Crippen molar-refractivity contribution in [3.05, 3.63) is 64.4 Å². The standard InChI is InChI=1S/C22H24FN3O4/c1-29-19-7-6-16(14-17(19)23)15-24-10-12-25(13-11-24)21(27)8-9-26-18-4-2-3-5-20(18)30-22(26)28/h2-7,14H,8-13,15H2,1H3/p+1. The quantitative estimate of drug-likeness (QED) is 0.655. The summed E-state index contributed by atoms with van der Waals surface area (Å²) in [5, 5.41) is 0. The van der Waals surface area contributed by atoms with E-state index in [1.54, 1.807) is 12.1 Å². The van der Waals surface area contributed by atoms with Crippen LogP contribution >= 0.6 is 0 Å². The molecule has 30 heavy (non-hydrogen) atoms. The number of aryl methyl sites for hydroxylation is 1. The van der Waals surface area contributed by atoms with Crippen LogP contribution in [0.15, 0.2) is 51.7 Å². The molecule has 0 atom stereocenters. The Kier molecular flexibility index (Phi) is 5.85. The Balaban J connectivity index is 1.29. The summed E-state index contributed by atoms with van der Waals surface area (Å²) in [6, 6.07) is 12.2. The predicted octanol–water partition coefficient (Wildman–Crippen LogP) is 1.06. The van der Waals surface area contributed by atoms with E-state index in [4.69, 9.17) is 9.15 Å². The number of nitrogens with one attached hydrogen (secondary N) is 1. The number of carbonyl (C=O) groups excluding carboxylic acids is 1. The number of piperazine rings is 1. The Labute approximate surface area is 173 Å². The number of rotatable bonds is 6. The van der Waals surface area contributed by atoms with Crippen molar-refractivity contribution < 1.29 is 23.2 Å². The maximum Gasteiger partial charge on any atom is 0.419 e. The molecule has 0 bridgehead atoms. The fourth-order valence-electron chi connectivity index (χ4n) is 3.95. The Bertz CT molecular complexity index is 1100. The molecule has 0 spiro atoms. The van der Waals surface area contributed by atoms with Crippen LogP contribution in [-0.2, 0) is 17.9 Å². The molecule has 1 N–H and O–H groups in total. The molecule has 7 nitrogen and oxygen atoms in total. The maximum atomic E-state index is 13.9. The van der Waals surface area contributed by atoms with Gasteiger partial charge in [0, 0.05) is 18.5 Å². The number of hydrogen-bond acceptors (Lipinski definition) is 4. The van der Waals surface area contributed by atoms with Gasteiger partial charge in [0.1, 0.15) is 6.54 Å². The Morgan fingerprint density at radius 2 is 1.97 bits per heavy atom. The number of halogens is 1. The second-order valence-corrected chi connectivity index (χ2v) is 7.51. The minimum absolute atomic E-state index is 0.0294. The number of fused-ring (bicyclic) bond motifs is 1. The van der Waals surface area contributed by atoms with Gasteiger partial charge in [-0.2, -0.15) is 0 Å². The largest absolute Gasteiger partial charge is 0.494 e. The number of amides is 1. The highest BCUT2D eigenvalue weighted by atomic mass is 19.1. The predicted molar refractivity (Wildman–Crippen MR) is 109 cm³/mol. The zero-order valence-corrected chi connectivity index (χ0v) is 16.9. The summed E-state index contributed by atoms with van der Waals surface area (Å²) in [6.07, 6.45) is 0.252. The van der Waals surface area contributed by atoms with Crippen LogP contribution in [0.5, 0.6) is 5.75 Å². The molecule has 8 heteroatoms. The molecular formula is C22H25FN3O4+. The van der Waals surface area contributed by atoms with Crippen molar-refractivity contribution in [1.82, 2.24) is 9.47 Å². The minimum atomic E-state index is -0.440. The average Bonchev–Trinajstić information content (AvgIpc) is 3.07. The fraction of sp³-hybridized carbons (Fsp3) is 0.364. The number of para-hydroxylation sites is 2. The van der Waals surface area contributed by atoms with Crippen LogP contribution < -0.4 is 15.4 Å². The van der Waals surface area contributed by atoms with Crippen molar-refractivity contribution in [1.29, 1.82) is 0 Å². The summed E-state index contributed by atoms with van der Waals surface area (Å²) >= 11 is 0. The third-order valence-corrected chi connectivity index (χ3v) is 5.62. The summed E-state index contributed by atoms with van der Waals surface area (Å²) in [5.41, 5.74) is 2.15. The van der Waals surface area contributed by atoms with Gasteiger partial charge in [0.25, 0.3) is 0 Å². The summed E-state index contributed by atoms with van der Waals surface area (Å²) in [4.78, 5) is 27.8. The molecule has 0 radical (unpaired) electrons. The van der Waals surface area contributed by atoms with E-state index in [1.807, 2.05) is 29.2 Å². The van der Waals surface area contributed by atoms with Gasteiger partial charge in [-0.1, -0.05) is 12.1 Å². The Hall–Kier alpha value is -3.13. The smallest absolute Gasteiger partial charge is 0.419 e. The molecule has 1 amide bonds. The molecule has 1 aromatic heterocycles. The number of carbonyl (C=O) groups is 1. The zero-order valence-electron chi connectivity index (χ0n) is 16.9. The Morgan fingerprint density at radius 3 is 2.70 bits per heavy atom. The molecule has 0 unspecified atom stereocenters. The van der Waals surface area contributed by atoms with Crippen molar-refractivity contribution in [3.8, 4) is 5.75 Å². The van der Waals surface area contributed by atoms with Crippen LogP contribution in [0.1, 0.15) is 12.0 Å². The molecule has 2 heterocycles. The van der Waals surface area contributed by atoms with Crippen molar-refractivity contribution in [2.45, 2.75) is 19.5 Å². The summed E-state index contributed by atoms with van der Waals surface area (Å²) in [7, 11) is 1.45. The van der Waals surface area contributed by atoms with Crippen LogP contribution in [0.3, 0.4) is 0 Å². The molecule has 4 rings (SSSR count). The lowest BCUT2D eigenvalue weighted by Crippen LogP contribution is -3.13. The summed E-state index contributed by atoms with van der Waals surface area (Å²) < 4.78 is 25.6. The molecule has 1 aliphatic heterocycles. The normalized spacial score (nSPS) is 14.9. The average molecular weight is 414 g/mol. The maximum absolute atomic E-state index is 13.9. The number of oxazole rings is 1. The van der Waals surface area contributed by atoms with Gasteiger partial charge in [0.15, 0.2) is 17.1 Å². The number of benzene rings is 2. The van der Waals surface area contributed by atoms with Gasteiger partial charge < -0.3 is 19.0 Å². The van der Waals surface area contributed by atoms with Crippen molar-refractivity contribution in [2.24, 2.45) is 0 Å².